The van der Waals surface area contributed by atoms with Crippen LogP contribution in [0.25, 0.3) is 0 Å². The monoisotopic (exact) mass is 241 g/mol. The summed E-state index contributed by atoms with van der Waals surface area (Å²) in [6.07, 6.45) is 0. The van der Waals surface area contributed by atoms with Gasteiger partial charge < -0.3 is 10.3 Å². The van der Waals surface area contributed by atoms with Gasteiger partial charge in [0.25, 0.3) is 0 Å². The first kappa shape index (κ1) is 14.1. The first-order valence-electron chi connectivity index (χ1n) is 3.20. The summed E-state index contributed by atoms with van der Waals surface area (Å²) in [7, 11) is 0. The molecule has 1 unspecified atom stereocenters. The molecule has 70 valence electrons. The Bertz CT molecular complexity index is 353. The zero-order chi connectivity index (χ0) is 10.0. The van der Waals surface area contributed by atoms with Crippen molar-refractivity contribution in [3.8, 4) is 0 Å². The van der Waals surface area contributed by atoms with Crippen molar-refractivity contribution < 1.29 is 43.1 Å². The second-order valence-electron chi connectivity index (χ2n) is 2.27. The molecule has 0 aliphatic heterocycles. The Balaban J connectivity index is 0.00000169. The van der Waals surface area contributed by atoms with Gasteiger partial charge in [-0.05, 0) is 29.3 Å². The van der Waals surface area contributed by atoms with Gasteiger partial charge in [-0.1, -0.05) is 11.6 Å². The van der Waals surface area contributed by atoms with E-state index in [1.54, 1.807) is 0 Å². The molecule has 0 radical (unpaired) electrons. The normalized spacial score (nSPS) is 11.6. The quantitative estimate of drug-likeness (QED) is 0.466. The van der Waals surface area contributed by atoms with Crippen LogP contribution in [0.1, 0.15) is 10.4 Å². The topological polar surface area (TPSA) is 83.2 Å². The Hall–Kier alpha value is 0.0900. The molecule has 14 heavy (non-hydrogen) atoms. The fourth-order valence-electron chi connectivity index (χ4n) is 0.801. The number of carbonyl (C=O) groups excluding carboxylic acids is 1. The summed E-state index contributed by atoms with van der Waals surface area (Å²) in [5.41, 5.74) is 5.03. The van der Waals surface area contributed by atoms with Crippen molar-refractivity contribution >= 4 is 28.6 Å². The first-order valence-corrected chi connectivity index (χ1v) is 4.65. The molecule has 0 aromatic heterocycles. The van der Waals surface area contributed by atoms with Crippen LogP contribution in [-0.2, 0) is 11.1 Å². The number of hydrogen-bond donors (Lipinski definition) is 1. The van der Waals surface area contributed by atoms with Crippen molar-refractivity contribution in [3.63, 3.8) is 0 Å². The third-order valence-electron chi connectivity index (χ3n) is 1.35. The summed E-state index contributed by atoms with van der Waals surface area (Å²) in [5, 5.41) is 0.163. The van der Waals surface area contributed by atoms with Crippen molar-refractivity contribution in [3.05, 3.63) is 28.8 Å². The molecule has 0 heterocycles. The molecule has 1 aromatic rings. The van der Waals surface area contributed by atoms with Crippen LogP contribution in [0.4, 0.5) is 0 Å². The van der Waals surface area contributed by atoms with Gasteiger partial charge in [-0.15, -0.1) is 0 Å². The molecule has 1 atom stereocenters. The van der Waals surface area contributed by atoms with Gasteiger partial charge in [0.05, 0.1) is 0 Å². The Morgan fingerprint density at radius 1 is 1.43 bits per heavy atom. The average molecular weight is 242 g/mol. The zero-order valence-corrected chi connectivity index (χ0v) is 10.9. The predicted molar refractivity (Wildman–Crippen MR) is 47.2 cm³/mol. The standard InChI is InChI=1S/C7H6ClNO3S.Na/c8-5-1-4(7(9)10)2-6(3-5)13(11)12;/h1-3H,(H2,9,10)(H,11,12);/q;+1/p-1. The predicted octanol–water partition coefficient (Wildman–Crippen LogP) is -2.32. The van der Waals surface area contributed by atoms with E-state index in [0.29, 0.717) is 0 Å². The number of nitrogens with two attached hydrogens (primary N) is 1. The first-order chi connectivity index (χ1) is 6.00. The smallest absolute Gasteiger partial charge is 0.768 e. The summed E-state index contributed by atoms with van der Waals surface area (Å²) in [4.78, 5) is 10.6. The molecule has 0 bridgehead atoms. The van der Waals surface area contributed by atoms with Gasteiger partial charge in [0, 0.05) is 15.5 Å². The number of carbonyl (C=O) groups is 1. The maximum atomic E-state index is 10.7. The minimum absolute atomic E-state index is 0. The minimum Gasteiger partial charge on any atom is -0.768 e. The van der Waals surface area contributed by atoms with Crippen LogP contribution >= 0.6 is 11.6 Å². The van der Waals surface area contributed by atoms with Gasteiger partial charge in [-0.25, -0.2) is 0 Å². The van der Waals surface area contributed by atoms with Gasteiger partial charge in [0.1, 0.15) is 0 Å². The number of rotatable bonds is 2. The van der Waals surface area contributed by atoms with Crippen molar-refractivity contribution in [2.45, 2.75) is 4.90 Å². The summed E-state index contributed by atoms with van der Waals surface area (Å²) >= 11 is 3.15. The largest absolute Gasteiger partial charge is 1.00 e. The number of benzene rings is 1. The molecule has 1 amide bonds. The van der Waals surface area contributed by atoms with Crippen LogP contribution < -0.4 is 35.3 Å². The van der Waals surface area contributed by atoms with Crippen molar-refractivity contribution in [2.75, 3.05) is 0 Å². The van der Waals surface area contributed by atoms with Gasteiger partial charge in [0.15, 0.2) is 0 Å². The van der Waals surface area contributed by atoms with E-state index in [2.05, 4.69) is 0 Å². The van der Waals surface area contributed by atoms with Gasteiger partial charge in [-0.3, -0.25) is 9.00 Å². The summed E-state index contributed by atoms with van der Waals surface area (Å²) in [6, 6.07) is 3.70. The number of halogens is 1. The molecular formula is C7H5ClNNaO3S. The van der Waals surface area contributed by atoms with E-state index >= 15 is 0 Å². The van der Waals surface area contributed by atoms with E-state index in [1.807, 2.05) is 0 Å². The van der Waals surface area contributed by atoms with E-state index in [0.717, 1.165) is 6.07 Å². The molecular weight excluding hydrogens is 237 g/mol. The average Bonchev–Trinajstić information content (AvgIpc) is 2.03. The third kappa shape index (κ3) is 3.68. The van der Waals surface area contributed by atoms with Crippen LogP contribution in [0.2, 0.25) is 5.02 Å². The molecule has 0 aliphatic carbocycles. The van der Waals surface area contributed by atoms with Crippen molar-refractivity contribution in [1.82, 2.24) is 0 Å². The maximum absolute atomic E-state index is 10.7. The molecule has 0 saturated heterocycles. The molecule has 4 nitrogen and oxygen atoms in total. The SMILES string of the molecule is NC(=O)c1cc(Cl)cc(S(=O)[O-])c1.[Na+]. The number of amides is 1. The van der Waals surface area contributed by atoms with Crippen LogP contribution in [0.3, 0.4) is 0 Å². The van der Waals surface area contributed by atoms with E-state index in [4.69, 9.17) is 17.3 Å². The number of primary amides is 1. The van der Waals surface area contributed by atoms with Crippen LogP contribution in [0.15, 0.2) is 23.1 Å². The fraction of sp³-hybridized carbons (Fsp3) is 0. The van der Waals surface area contributed by atoms with E-state index in [9.17, 15) is 13.6 Å². The number of hydrogen-bond acceptors (Lipinski definition) is 3. The van der Waals surface area contributed by atoms with Crippen LogP contribution in [0.5, 0.6) is 0 Å². The summed E-state index contributed by atoms with van der Waals surface area (Å²) < 4.78 is 21.0. The van der Waals surface area contributed by atoms with Crippen LogP contribution in [-0.4, -0.2) is 14.7 Å². The minimum atomic E-state index is -2.41. The molecule has 2 N–H and O–H groups in total. The Morgan fingerprint density at radius 2 is 2.00 bits per heavy atom. The zero-order valence-electron chi connectivity index (χ0n) is 7.32. The van der Waals surface area contributed by atoms with E-state index in [-0.39, 0.29) is 45.0 Å². The second-order valence-corrected chi connectivity index (χ2v) is 3.65. The second kappa shape index (κ2) is 5.85. The molecule has 1 aromatic carbocycles. The molecule has 0 saturated carbocycles. The summed E-state index contributed by atoms with van der Waals surface area (Å²) in [6.45, 7) is 0. The van der Waals surface area contributed by atoms with E-state index < -0.39 is 17.0 Å². The van der Waals surface area contributed by atoms with E-state index in [1.165, 1.54) is 12.1 Å². The van der Waals surface area contributed by atoms with Gasteiger partial charge in [-0.2, -0.15) is 0 Å². The third-order valence-corrected chi connectivity index (χ3v) is 2.19. The van der Waals surface area contributed by atoms with Crippen molar-refractivity contribution in [1.29, 1.82) is 0 Å². The molecule has 0 aliphatic rings. The Labute approximate surface area is 110 Å². The molecule has 0 spiro atoms. The molecule has 0 fully saturated rings. The van der Waals surface area contributed by atoms with Gasteiger partial charge >= 0.3 is 29.6 Å². The Morgan fingerprint density at radius 3 is 2.43 bits per heavy atom. The molecule has 1 rings (SSSR count). The summed E-state index contributed by atoms with van der Waals surface area (Å²) in [5.74, 6) is -0.714. The van der Waals surface area contributed by atoms with Crippen LogP contribution in [0, 0.1) is 0 Å². The molecule has 7 heteroatoms. The maximum Gasteiger partial charge on any atom is 1.00 e. The van der Waals surface area contributed by atoms with Gasteiger partial charge in [0.2, 0.25) is 5.91 Å². The fourth-order valence-corrected chi connectivity index (χ4v) is 1.55. The van der Waals surface area contributed by atoms with Crippen molar-refractivity contribution in [2.24, 2.45) is 5.73 Å². The Kier molecular flexibility index (Phi) is 5.88.